The third-order valence-corrected chi connectivity index (χ3v) is 3.40. The van der Waals surface area contributed by atoms with E-state index in [-0.39, 0.29) is 11.7 Å². The first-order valence-electron chi connectivity index (χ1n) is 5.94. The lowest BCUT2D eigenvalue weighted by atomic mass is 9.84. The Bertz CT molecular complexity index is 503. The number of hydrogen-bond donors (Lipinski definition) is 1. The first-order chi connectivity index (χ1) is 8.00. The molecule has 1 aromatic carbocycles. The highest BCUT2D eigenvalue weighted by atomic mass is 16.1. The molecule has 90 valence electrons. The van der Waals surface area contributed by atoms with Crippen molar-refractivity contribution in [1.82, 2.24) is 0 Å². The van der Waals surface area contributed by atoms with Crippen LogP contribution in [-0.2, 0) is 11.2 Å². The van der Waals surface area contributed by atoms with Crippen molar-refractivity contribution in [3.8, 4) is 0 Å². The van der Waals surface area contributed by atoms with Crippen molar-refractivity contribution in [3.05, 3.63) is 28.3 Å². The van der Waals surface area contributed by atoms with Crippen LogP contribution in [0.3, 0.4) is 0 Å². The lowest BCUT2D eigenvalue weighted by molar-refractivity contribution is -0.114. The Kier molecular flexibility index (Phi) is 3.01. The Labute approximate surface area is 101 Å². The largest absolute Gasteiger partial charge is 0.326 e. The molecule has 0 spiro atoms. The maximum Gasteiger partial charge on any atom is 0.221 e. The molecule has 1 N–H and O–H groups in total. The summed E-state index contributed by atoms with van der Waals surface area (Å²) in [6, 6.07) is 1.90. The third kappa shape index (κ3) is 2.09. The van der Waals surface area contributed by atoms with Gasteiger partial charge in [-0.3, -0.25) is 9.59 Å². The van der Waals surface area contributed by atoms with Gasteiger partial charge >= 0.3 is 0 Å². The van der Waals surface area contributed by atoms with E-state index < -0.39 is 0 Å². The number of ketones is 1. The fraction of sp³-hybridized carbons (Fsp3) is 0.429. The summed E-state index contributed by atoms with van der Waals surface area (Å²) in [6.07, 6.45) is 2.43. The predicted octanol–water partition coefficient (Wildman–Crippen LogP) is 2.78. The number of fused-ring (bicyclic) bond motifs is 1. The van der Waals surface area contributed by atoms with Crippen LogP contribution >= 0.6 is 0 Å². The molecule has 0 aromatic heterocycles. The number of nitrogens with one attached hydrogen (secondary N) is 1. The number of carbonyl (C=O) groups excluding carboxylic acids is 2. The predicted molar refractivity (Wildman–Crippen MR) is 67.5 cm³/mol. The van der Waals surface area contributed by atoms with Crippen LogP contribution in [-0.4, -0.2) is 11.7 Å². The highest BCUT2D eigenvalue weighted by molar-refractivity contribution is 6.06. The van der Waals surface area contributed by atoms with Crippen molar-refractivity contribution in [2.45, 2.75) is 40.0 Å². The quantitative estimate of drug-likeness (QED) is 0.807. The molecule has 0 saturated carbocycles. The Morgan fingerprint density at radius 1 is 1.29 bits per heavy atom. The maximum atomic E-state index is 12.0. The summed E-state index contributed by atoms with van der Waals surface area (Å²) in [5.41, 5.74) is 4.84. The molecule has 0 radical (unpaired) electrons. The first-order valence-corrected chi connectivity index (χ1v) is 5.94. The minimum atomic E-state index is -0.131. The number of amides is 1. The summed E-state index contributed by atoms with van der Waals surface area (Å²) in [7, 11) is 0. The SMILES string of the molecule is CC(=O)Nc1cc(C)c(C)c2c1C(=O)CCC2. The highest BCUT2D eigenvalue weighted by Gasteiger charge is 2.23. The van der Waals surface area contributed by atoms with Crippen LogP contribution in [0.15, 0.2) is 6.07 Å². The van der Waals surface area contributed by atoms with Gasteiger partial charge in [-0.1, -0.05) is 0 Å². The smallest absolute Gasteiger partial charge is 0.221 e. The lowest BCUT2D eigenvalue weighted by Crippen LogP contribution is -2.18. The van der Waals surface area contributed by atoms with Crippen LogP contribution in [0.5, 0.6) is 0 Å². The van der Waals surface area contributed by atoms with E-state index in [1.54, 1.807) is 0 Å². The topological polar surface area (TPSA) is 46.2 Å². The molecular weight excluding hydrogens is 214 g/mol. The fourth-order valence-electron chi connectivity index (χ4n) is 2.45. The van der Waals surface area contributed by atoms with E-state index in [0.29, 0.717) is 12.1 Å². The van der Waals surface area contributed by atoms with Crippen LogP contribution < -0.4 is 5.32 Å². The van der Waals surface area contributed by atoms with Gasteiger partial charge in [-0.2, -0.15) is 0 Å². The van der Waals surface area contributed by atoms with Crippen LogP contribution in [0.25, 0.3) is 0 Å². The van der Waals surface area contributed by atoms with Gasteiger partial charge in [-0.15, -0.1) is 0 Å². The molecule has 1 aliphatic rings. The van der Waals surface area contributed by atoms with Gasteiger partial charge in [0, 0.05) is 18.9 Å². The summed E-state index contributed by atoms with van der Waals surface area (Å²) in [6.45, 7) is 5.53. The number of hydrogen-bond acceptors (Lipinski definition) is 2. The Morgan fingerprint density at radius 2 is 2.00 bits per heavy atom. The van der Waals surface area contributed by atoms with Crippen molar-refractivity contribution < 1.29 is 9.59 Å². The summed E-state index contributed by atoms with van der Waals surface area (Å²) in [5.74, 6) is 0.0203. The fourth-order valence-corrected chi connectivity index (χ4v) is 2.45. The Hall–Kier alpha value is -1.64. The molecule has 1 amide bonds. The third-order valence-electron chi connectivity index (χ3n) is 3.40. The average molecular weight is 231 g/mol. The Morgan fingerprint density at radius 3 is 2.65 bits per heavy atom. The molecule has 0 aliphatic heterocycles. The van der Waals surface area contributed by atoms with Gasteiger partial charge in [0.05, 0.1) is 5.69 Å². The molecule has 1 aromatic rings. The second kappa shape index (κ2) is 4.32. The van der Waals surface area contributed by atoms with Crippen molar-refractivity contribution in [2.24, 2.45) is 0 Å². The van der Waals surface area contributed by atoms with Gasteiger partial charge < -0.3 is 5.32 Å². The van der Waals surface area contributed by atoms with Gasteiger partial charge in [0.15, 0.2) is 5.78 Å². The second-order valence-corrected chi connectivity index (χ2v) is 4.68. The van der Waals surface area contributed by atoms with Gasteiger partial charge in [0.25, 0.3) is 0 Å². The summed E-state index contributed by atoms with van der Waals surface area (Å²) in [5, 5.41) is 2.77. The molecule has 2 rings (SSSR count). The van der Waals surface area contributed by atoms with E-state index in [2.05, 4.69) is 5.32 Å². The number of carbonyl (C=O) groups is 2. The molecule has 1 aliphatic carbocycles. The number of Topliss-reactive ketones (excluding diaryl/α,β-unsaturated/α-hetero) is 1. The average Bonchev–Trinajstić information content (AvgIpc) is 2.24. The molecular formula is C14H17NO2. The van der Waals surface area contributed by atoms with Crippen LogP contribution in [0.2, 0.25) is 0 Å². The van der Waals surface area contributed by atoms with Crippen LogP contribution in [0.4, 0.5) is 5.69 Å². The molecule has 0 saturated heterocycles. The first kappa shape index (κ1) is 11.8. The van der Waals surface area contributed by atoms with E-state index in [9.17, 15) is 9.59 Å². The number of aryl methyl sites for hydroxylation is 1. The number of rotatable bonds is 1. The van der Waals surface area contributed by atoms with E-state index in [4.69, 9.17) is 0 Å². The molecule has 0 atom stereocenters. The van der Waals surface area contributed by atoms with E-state index in [1.807, 2.05) is 19.9 Å². The zero-order valence-corrected chi connectivity index (χ0v) is 10.5. The molecule has 17 heavy (non-hydrogen) atoms. The maximum absolute atomic E-state index is 12.0. The van der Waals surface area contributed by atoms with Crippen molar-refractivity contribution in [1.29, 1.82) is 0 Å². The Balaban J connectivity index is 2.63. The minimum Gasteiger partial charge on any atom is -0.326 e. The van der Waals surface area contributed by atoms with Crippen molar-refractivity contribution in [2.75, 3.05) is 5.32 Å². The van der Waals surface area contributed by atoms with Crippen LogP contribution in [0.1, 0.15) is 46.8 Å². The standard InChI is InChI=1S/C14H17NO2/c1-8-7-12(15-10(3)16)14-11(9(8)2)5-4-6-13(14)17/h7H,4-6H2,1-3H3,(H,15,16). The number of anilines is 1. The van der Waals surface area contributed by atoms with E-state index >= 15 is 0 Å². The van der Waals surface area contributed by atoms with Gasteiger partial charge in [0.1, 0.15) is 0 Å². The van der Waals surface area contributed by atoms with E-state index in [1.165, 1.54) is 12.5 Å². The molecule has 3 heteroatoms. The van der Waals surface area contributed by atoms with Crippen molar-refractivity contribution >= 4 is 17.4 Å². The van der Waals surface area contributed by atoms with Gasteiger partial charge in [0.2, 0.25) is 5.91 Å². The van der Waals surface area contributed by atoms with Gasteiger partial charge in [-0.25, -0.2) is 0 Å². The summed E-state index contributed by atoms with van der Waals surface area (Å²) in [4.78, 5) is 23.2. The molecule has 0 fully saturated rings. The number of benzene rings is 1. The zero-order chi connectivity index (χ0) is 12.6. The van der Waals surface area contributed by atoms with E-state index in [0.717, 1.165) is 29.5 Å². The summed E-state index contributed by atoms with van der Waals surface area (Å²) < 4.78 is 0. The van der Waals surface area contributed by atoms with Crippen LogP contribution in [0, 0.1) is 13.8 Å². The zero-order valence-electron chi connectivity index (χ0n) is 10.5. The second-order valence-electron chi connectivity index (χ2n) is 4.68. The monoisotopic (exact) mass is 231 g/mol. The molecule has 3 nitrogen and oxygen atoms in total. The molecule has 0 unspecified atom stereocenters. The lowest BCUT2D eigenvalue weighted by Gasteiger charge is -2.22. The molecule has 0 bridgehead atoms. The van der Waals surface area contributed by atoms with Crippen molar-refractivity contribution in [3.63, 3.8) is 0 Å². The molecule has 0 heterocycles. The highest BCUT2D eigenvalue weighted by Crippen LogP contribution is 2.32. The normalized spacial score (nSPS) is 14.4. The summed E-state index contributed by atoms with van der Waals surface area (Å²) >= 11 is 0. The van der Waals surface area contributed by atoms with Gasteiger partial charge in [-0.05, 0) is 49.4 Å². The minimum absolute atomic E-state index is 0.131.